The largest absolute Gasteiger partial charge is 0.372 e. The Morgan fingerprint density at radius 2 is 1.80 bits per heavy atom. The zero-order valence-electron chi connectivity index (χ0n) is 4.38. The van der Waals surface area contributed by atoms with Crippen LogP contribution in [0.25, 0.3) is 0 Å². The standard InChI is InChI=1S/CH2N2O4S3/c2-1(8)3-6-9(4)10(5)7-3/h(H2,2,8). The monoisotopic (exact) mass is 202 g/mol. The molecule has 1 rings (SSSR count). The van der Waals surface area contributed by atoms with Crippen LogP contribution in [0.3, 0.4) is 0 Å². The van der Waals surface area contributed by atoms with Crippen molar-refractivity contribution < 1.29 is 17.0 Å². The van der Waals surface area contributed by atoms with Crippen LogP contribution in [0.5, 0.6) is 0 Å². The van der Waals surface area contributed by atoms with Gasteiger partial charge >= 0.3 is 20.2 Å². The second-order valence-electron chi connectivity index (χ2n) is 1.15. The topological polar surface area (TPSA) is 81.9 Å². The summed E-state index contributed by atoms with van der Waals surface area (Å²) in [6.45, 7) is 0. The van der Waals surface area contributed by atoms with Crippen molar-refractivity contribution in [2.75, 3.05) is 0 Å². The lowest BCUT2D eigenvalue weighted by Crippen LogP contribution is -2.30. The lowest BCUT2D eigenvalue weighted by molar-refractivity contribution is -0.159. The molecule has 10 heavy (non-hydrogen) atoms. The van der Waals surface area contributed by atoms with Crippen molar-refractivity contribution in [3.8, 4) is 0 Å². The van der Waals surface area contributed by atoms with Crippen molar-refractivity contribution in [1.29, 1.82) is 0 Å². The number of hydroxylamine groups is 2. The normalized spacial score (nSPS) is 32.6. The Morgan fingerprint density at radius 3 is 2.00 bits per heavy atom. The summed E-state index contributed by atoms with van der Waals surface area (Å²) in [7, 11) is -4.02. The number of hydrogen-bond donors (Lipinski definition) is 1. The zero-order chi connectivity index (χ0) is 7.72. The highest BCUT2D eigenvalue weighted by Crippen LogP contribution is 2.12. The van der Waals surface area contributed by atoms with Gasteiger partial charge in [0, 0.05) is 0 Å². The minimum Gasteiger partial charge on any atom is -0.372 e. The molecule has 0 bridgehead atoms. The summed E-state index contributed by atoms with van der Waals surface area (Å²) < 4.78 is 29.3. The van der Waals surface area contributed by atoms with Crippen LogP contribution in [-0.4, -0.2) is 18.8 Å². The minimum absolute atomic E-state index is 0.279. The van der Waals surface area contributed by atoms with Crippen LogP contribution < -0.4 is 5.73 Å². The average molecular weight is 202 g/mol. The van der Waals surface area contributed by atoms with Gasteiger partial charge < -0.3 is 5.73 Å². The zero-order valence-corrected chi connectivity index (χ0v) is 6.83. The maximum atomic E-state index is 10.4. The Bertz CT molecular complexity index is 199. The van der Waals surface area contributed by atoms with Crippen molar-refractivity contribution in [2.24, 2.45) is 5.73 Å². The fourth-order valence-electron chi connectivity index (χ4n) is 0.246. The van der Waals surface area contributed by atoms with Crippen LogP contribution in [-0.2, 0) is 28.8 Å². The lowest BCUT2D eigenvalue weighted by Gasteiger charge is -2.04. The molecule has 0 aromatic heterocycles. The quantitative estimate of drug-likeness (QED) is 0.384. The second-order valence-corrected chi connectivity index (χ2v) is 4.32. The molecule has 0 aliphatic carbocycles. The molecule has 6 nitrogen and oxygen atoms in total. The maximum absolute atomic E-state index is 10.4. The number of rotatable bonds is 0. The Balaban J connectivity index is 2.66. The predicted octanol–water partition coefficient (Wildman–Crippen LogP) is -1.35. The summed E-state index contributed by atoms with van der Waals surface area (Å²) in [5.74, 6) is 0. The molecule has 58 valence electrons. The van der Waals surface area contributed by atoms with Gasteiger partial charge in [0.15, 0.2) is 0 Å². The van der Waals surface area contributed by atoms with Crippen molar-refractivity contribution in [3.05, 3.63) is 0 Å². The number of nitrogens with two attached hydrogens (primary N) is 1. The first kappa shape index (κ1) is 8.01. The van der Waals surface area contributed by atoms with E-state index in [1.54, 1.807) is 0 Å². The molecule has 1 saturated heterocycles. The molecule has 2 atom stereocenters. The fourth-order valence-corrected chi connectivity index (χ4v) is 1.63. The van der Waals surface area contributed by atoms with Crippen LogP contribution in [0.15, 0.2) is 0 Å². The Morgan fingerprint density at radius 1 is 1.40 bits per heavy atom. The minimum atomic E-state index is -2.01. The summed E-state index contributed by atoms with van der Waals surface area (Å²) in [4.78, 5) is 0. The molecule has 2 N–H and O–H groups in total. The Kier molecular flexibility index (Phi) is 2.31. The summed E-state index contributed by atoms with van der Waals surface area (Å²) in [5.41, 5.74) is 4.96. The van der Waals surface area contributed by atoms with Gasteiger partial charge in [-0.3, -0.25) is 0 Å². The molecule has 2 unspecified atom stereocenters. The average Bonchev–Trinajstić information content (AvgIpc) is 2.13. The van der Waals surface area contributed by atoms with E-state index < -0.39 is 20.2 Å². The molecule has 9 heteroatoms. The van der Waals surface area contributed by atoms with Crippen LogP contribution in [0, 0.1) is 0 Å². The maximum Gasteiger partial charge on any atom is 0.304 e. The van der Waals surface area contributed by atoms with Gasteiger partial charge in [0.25, 0.3) is 0 Å². The first-order valence-electron chi connectivity index (χ1n) is 1.91. The van der Waals surface area contributed by atoms with E-state index in [2.05, 4.69) is 20.8 Å². The molecule has 1 aliphatic rings. The van der Waals surface area contributed by atoms with Gasteiger partial charge in [0.05, 0.1) is 0 Å². The third kappa shape index (κ3) is 1.49. The van der Waals surface area contributed by atoms with E-state index >= 15 is 0 Å². The Labute approximate surface area is 65.9 Å². The van der Waals surface area contributed by atoms with Gasteiger partial charge in [-0.15, -0.1) is 8.57 Å². The third-order valence-electron chi connectivity index (χ3n) is 0.548. The van der Waals surface area contributed by atoms with Crippen molar-refractivity contribution in [1.82, 2.24) is 5.23 Å². The van der Waals surface area contributed by atoms with E-state index in [1.807, 2.05) is 0 Å². The van der Waals surface area contributed by atoms with Gasteiger partial charge in [-0.25, -0.2) is 8.42 Å². The number of nitrogens with zero attached hydrogens (tertiary/aromatic N) is 1. The van der Waals surface area contributed by atoms with E-state index in [4.69, 9.17) is 5.73 Å². The molecule has 0 aromatic carbocycles. The van der Waals surface area contributed by atoms with E-state index in [9.17, 15) is 8.42 Å². The van der Waals surface area contributed by atoms with E-state index in [0.717, 1.165) is 0 Å². The predicted molar refractivity (Wildman–Crippen MR) is 37.1 cm³/mol. The van der Waals surface area contributed by atoms with Gasteiger partial charge in [0.1, 0.15) is 0 Å². The van der Waals surface area contributed by atoms with Gasteiger partial charge in [0.2, 0.25) is 5.11 Å². The van der Waals surface area contributed by atoms with Crippen LogP contribution in [0.4, 0.5) is 0 Å². The van der Waals surface area contributed by atoms with Crippen molar-refractivity contribution >= 4 is 37.6 Å². The second kappa shape index (κ2) is 2.88. The molecule has 0 aromatic rings. The van der Waals surface area contributed by atoms with Gasteiger partial charge in [-0.05, 0) is 12.2 Å². The molecule has 1 fully saturated rings. The SMILES string of the molecule is NC(=S)N1OS(=O)S(=O)O1. The lowest BCUT2D eigenvalue weighted by atomic mass is 11.2. The fraction of sp³-hybridized carbons (Fsp3) is 0. The summed E-state index contributed by atoms with van der Waals surface area (Å²) >= 11 is 4.35. The molecule has 1 heterocycles. The van der Waals surface area contributed by atoms with Crippen molar-refractivity contribution in [3.63, 3.8) is 0 Å². The third-order valence-corrected chi connectivity index (χ3v) is 2.47. The molecule has 0 radical (unpaired) electrons. The summed E-state index contributed by atoms with van der Waals surface area (Å²) in [5, 5.41) is 0.195. The highest BCUT2D eigenvalue weighted by molar-refractivity contribution is 8.57. The summed E-state index contributed by atoms with van der Waals surface area (Å²) in [6.07, 6.45) is 0. The molecular weight excluding hydrogens is 200 g/mol. The molecule has 0 spiro atoms. The van der Waals surface area contributed by atoms with Crippen molar-refractivity contribution in [2.45, 2.75) is 0 Å². The van der Waals surface area contributed by atoms with E-state index in [1.165, 1.54) is 0 Å². The van der Waals surface area contributed by atoms with Crippen LogP contribution in [0.2, 0.25) is 0 Å². The first-order chi connectivity index (χ1) is 4.61. The first-order valence-corrected chi connectivity index (χ1v) is 4.99. The number of thiocarbonyl (C=S) groups is 1. The number of hydrogen-bond acceptors (Lipinski definition) is 5. The van der Waals surface area contributed by atoms with Crippen LogP contribution in [0.1, 0.15) is 0 Å². The van der Waals surface area contributed by atoms with E-state index in [-0.39, 0.29) is 5.11 Å². The van der Waals surface area contributed by atoms with E-state index in [0.29, 0.717) is 5.23 Å². The molecule has 1 aliphatic heterocycles. The van der Waals surface area contributed by atoms with Crippen LogP contribution >= 0.6 is 12.2 Å². The summed E-state index contributed by atoms with van der Waals surface area (Å²) in [6, 6.07) is 0. The highest BCUT2D eigenvalue weighted by atomic mass is 33.2. The Hall–Kier alpha value is -0.0900. The van der Waals surface area contributed by atoms with Gasteiger partial charge in [-0.1, -0.05) is 5.23 Å². The molecule has 0 saturated carbocycles. The smallest absolute Gasteiger partial charge is 0.304 e. The highest BCUT2D eigenvalue weighted by Gasteiger charge is 2.31. The van der Waals surface area contributed by atoms with Gasteiger partial charge in [-0.2, -0.15) is 0 Å². The molecular formula is CH2N2O4S3. The molecule has 0 amide bonds.